The molecule has 0 aliphatic carbocycles. The van der Waals surface area contributed by atoms with Crippen LogP contribution in [0.4, 0.5) is 0 Å². The molecule has 0 aliphatic heterocycles. The zero-order valence-electron chi connectivity index (χ0n) is 5.85. The zero-order valence-corrected chi connectivity index (χ0v) is 20.0. The van der Waals surface area contributed by atoms with Crippen LogP contribution in [-0.4, -0.2) is 82.9 Å². The van der Waals surface area contributed by atoms with Crippen LogP contribution in [0.3, 0.4) is 0 Å². The number of rotatable bonds is 0. The fraction of sp³-hybridized carbons (Fsp3) is 0. The summed E-state index contributed by atoms with van der Waals surface area (Å²) in [6.07, 6.45) is 0. The van der Waals surface area contributed by atoms with Crippen LogP contribution in [-0.2, 0) is 91.7 Å². The van der Waals surface area contributed by atoms with Crippen molar-refractivity contribution in [3.63, 3.8) is 0 Å². The summed E-state index contributed by atoms with van der Waals surface area (Å²) in [5.41, 5.74) is 0. The van der Waals surface area contributed by atoms with Crippen LogP contribution in [0.5, 0.6) is 0 Å². The minimum absolute atomic E-state index is 0. The second kappa shape index (κ2) is 84.6. The Labute approximate surface area is 186 Å². The molecular weight excluding hydrogens is 455 g/mol. The average Bonchev–Trinajstić information content (AvgIpc) is 0. The maximum atomic E-state index is 0. The first-order chi connectivity index (χ1) is 0. The van der Waals surface area contributed by atoms with Crippen molar-refractivity contribution in [2.45, 2.75) is 0 Å². The largest absolute Gasteiger partial charge is 0.344 e. The van der Waals surface area contributed by atoms with Crippen molar-refractivity contribution in [3.05, 3.63) is 0 Å². The molecule has 10 heavy (non-hydrogen) atoms. The Bertz CT molecular complexity index is 33.2. The number of hydrogen-bond donors (Lipinski definition) is 1. The molecule has 0 aromatic carbocycles. The fourth-order valence-corrected chi connectivity index (χ4v) is 0. The van der Waals surface area contributed by atoms with E-state index in [0.717, 1.165) is 0 Å². The van der Waals surface area contributed by atoms with Gasteiger partial charge in [-0.2, -0.15) is 9.90 Å². The first-order valence-corrected chi connectivity index (χ1v) is 0. The third kappa shape index (κ3) is 67.8. The number of hydrogen-bond acceptors (Lipinski definition) is 1. The normalized spacial score (nSPS) is 0. The molecule has 10 heteroatoms. The van der Waals surface area contributed by atoms with Crippen molar-refractivity contribution in [1.82, 2.24) is 6.15 Å². The molecule has 0 aromatic heterocycles. The SMILES string of the molecule is N.P.[B].[Cu].[Fe].[K].[Mg].[Mn].[Mo].[Zn]. The minimum atomic E-state index is 0. The van der Waals surface area contributed by atoms with Gasteiger partial charge in [0.25, 0.3) is 0 Å². The van der Waals surface area contributed by atoms with E-state index in [1.54, 1.807) is 0 Å². The van der Waals surface area contributed by atoms with Crippen LogP contribution in [0, 0.1) is 0 Å². The van der Waals surface area contributed by atoms with Gasteiger partial charge in [0.05, 0.1) is 0 Å². The summed E-state index contributed by atoms with van der Waals surface area (Å²) in [7, 11) is 0. The Morgan fingerprint density at radius 1 is 1.00 bits per heavy atom. The molecule has 1 unspecified atom stereocenters. The predicted octanol–water partition coefficient (Wildman–Crippen LogP) is -0.935. The summed E-state index contributed by atoms with van der Waals surface area (Å²) in [6, 6.07) is 0. The summed E-state index contributed by atoms with van der Waals surface area (Å²) >= 11 is 0. The molecule has 1 nitrogen and oxygen atoms in total. The Kier molecular flexibility index (Phi) is 880. The van der Waals surface area contributed by atoms with Crippen molar-refractivity contribution in [3.8, 4) is 0 Å². The maximum Gasteiger partial charge on any atom is 0 e. The molecule has 56 valence electrons. The van der Waals surface area contributed by atoms with Crippen molar-refractivity contribution in [2.24, 2.45) is 0 Å². The third-order valence-electron chi connectivity index (χ3n) is 0. The van der Waals surface area contributed by atoms with E-state index in [2.05, 4.69) is 0 Å². The molecule has 0 saturated carbocycles. The molecule has 0 amide bonds. The van der Waals surface area contributed by atoms with Gasteiger partial charge in [-0.05, 0) is 0 Å². The van der Waals surface area contributed by atoms with Gasteiger partial charge >= 0.3 is 0 Å². The first-order valence-electron chi connectivity index (χ1n) is 0. The summed E-state index contributed by atoms with van der Waals surface area (Å²) in [4.78, 5) is 0. The van der Waals surface area contributed by atoms with Crippen LogP contribution < -0.4 is 6.15 Å². The van der Waals surface area contributed by atoms with Gasteiger partial charge in [-0.25, -0.2) is 0 Å². The van der Waals surface area contributed by atoms with Crippen molar-refractivity contribution < 1.29 is 91.7 Å². The van der Waals surface area contributed by atoms with E-state index in [4.69, 9.17) is 0 Å². The molecule has 8 radical (unpaired) electrons. The minimum Gasteiger partial charge on any atom is -0.344 e. The zero-order chi connectivity index (χ0) is 0. The van der Waals surface area contributed by atoms with Crippen LogP contribution >= 0.6 is 9.90 Å². The van der Waals surface area contributed by atoms with Gasteiger partial charge in [0.2, 0.25) is 0 Å². The van der Waals surface area contributed by atoms with Crippen molar-refractivity contribution in [1.29, 1.82) is 0 Å². The topological polar surface area (TPSA) is 35.0 Å². The van der Waals surface area contributed by atoms with Gasteiger partial charge in [-0.15, -0.1) is 0 Å². The average molecular weight is 461 g/mol. The second-order valence-electron chi connectivity index (χ2n) is 0. The fourth-order valence-electron chi connectivity index (χ4n) is 0. The summed E-state index contributed by atoms with van der Waals surface area (Å²) in [5, 5.41) is 0. The molecule has 0 heterocycles. The van der Waals surface area contributed by atoms with Crippen LogP contribution in [0.1, 0.15) is 0 Å². The van der Waals surface area contributed by atoms with Gasteiger partial charge in [0, 0.05) is 175 Å². The third-order valence-corrected chi connectivity index (χ3v) is 0. The quantitative estimate of drug-likeness (QED) is 0.368. The molecule has 0 aromatic rings. The van der Waals surface area contributed by atoms with Crippen LogP contribution in [0.2, 0.25) is 0 Å². The molecule has 1 atom stereocenters. The van der Waals surface area contributed by atoms with Gasteiger partial charge in [0.15, 0.2) is 0 Å². The summed E-state index contributed by atoms with van der Waals surface area (Å²) in [6.45, 7) is 0. The smallest absolute Gasteiger partial charge is 0 e. The van der Waals surface area contributed by atoms with E-state index in [0.29, 0.717) is 0 Å². The summed E-state index contributed by atoms with van der Waals surface area (Å²) in [5.74, 6) is 0. The van der Waals surface area contributed by atoms with Gasteiger partial charge < -0.3 is 6.15 Å². The van der Waals surface area contributed by atoms with Gasteiger partial charge in [-0.3, -0.25) is 0 Å². The van der Waals surface area contributed by atoms with E-state index in [1.165, 1.54) is 0 Å². The molecule has 3 N–H and O–H groups in total. The molecule has 0 bridgehead atoms. The van der Waals surface area contributed by atoms with Crippen LogP contribution in [0.15, 0.2) is 0 Å². The van der Waals surface area contributed by atoms with Crippen molar-refractivity contribution in [2.75, 3.05) is 0 Å². The van der Waals surface area contributed by atoms with Gasteiger partial charge in [0.1, 0.15) is 0 Å². The Hall–Kier alpha value is 5.73. The van der Waals surface area contributed by atoms with E-state index in [9.17, 15) is 0 Å². The molecule has 0 rings (SSSR count). The van der Waals surface area contributed by atoms with Gasteiger partial charge in [-0.1, -0.05) is 0 Å². The van der Waals surface area contributed by atoms with E-state index in [-0.39, 0.29) is 191 Å². The summed E-state index contributed by atoms with van der Waals surface area (Å²) < 4.78 is 0. The standard InChI is InChI=1S/B.Cu.Fe.K.Mg.Mn.Mo.H3N.H3P.Zn/h;;;;;;;2*1H3;. The first kappa shape index (κ1) is 104. The molecule has 0 saturated heterocycles. The van der Waals surface area contributed by atoms with Crippen molar-refractivity contribution >= 4 is 92.7 Å². The molecule has 0 fully saturated rings. The second-order valence-corrected chi connectivity index (χ2v) is 0. The Morgan fingerprint density at radius 3 is 1.00 bits per heavy atom. The Morgan fingerprint density at radius 2 is 1.00 bits per heavy atom. The molecular formula is H6BCuFeKMgMnMoNPZn. The monoisotopic (exact) mass is 461 g/mol. The maximum absolute atomic E-state index is 0. The predicted molar refractivity (Wildman–Crippen MR) is 33.4 cm³/mol. The van der Waals surface area contributed by atoms with E-state index >= 15 is 0 Å². The molecule has 0 aliphatic rings. The van der Waals surface area contributed by atoms with E-state index < -0.39 is 0 Å². The Balaban J connectivity index is 0. The molecule has 0 spiro atoms. The van der Waals surface area contributed by atoms with Crippen LogP contribution in [0.25, 0.3) is 0 Å². The van der Waals surface area contributed by atoms with E-state index in [1.807, 2.05) is 0 Å².